The van der Waals surface area contributed by atoms with Gasteiger partial charge in [0.15, 0.2) is 9.79 Å². The third-order valence-corrected chi connectivity index (χ3v) is 4.67. The summed E-state index contributed by atoms with van der Waals surface area (Å²) < 4.78 is 12.6. The van der Waals surface area contributed by atoms with E-state index in [0.717, 1.165) is 0 Å². The van der Waals surface area contributed by atoms with Crippen LogP contribution in [0.25, 0.3) is 0 Å². The zero-order chi connectivity index (χ0) is 16.8. The van der Waals surface area contributed by atoms with Gasteiger partial charge in [-0.3, -0.25) is 4.79 Å². The van der Waals surface area contributed by atoms with Crippen molar-refractivity contribution in [1.29, 1.82) is 5.26 Å². The van der Waals surface area contributed by atoms with E-state index < -0.39 is 17.2 Å². The number of benzene rings is 2. The average molecular weight is 327 g/mol. The number of rotatable bonds is 5. The second kappa shape index (κ2) is 7.79. The Morgan fingerprint density at radius 1 is 1.30 bits per heavy atom. The maximum Gasteiger partial charge on any atom is 0.241 e. The molecule has 5 nitrogen and oxygen atoms in total. The first-order valence-electron chi connectivity index (χ1n) is 7.13. The van der Waals surface area contributed by atoms with E-state index in [2.05, 4.69) is 5.32 Å². The van der Waals surface area contributed by atoms with Crippen molar-refractivity contribution in [1.82, 2.24) is 0 Å². The molecule has 0 spiro atoms. The van der Waals surface area contributed by atoms with Crippen molar-refractivity contribution >= 4 is 22.8 Å². The molecule has 2 rings (SSSR count). The lowest BCUT2D eigenvalue weighted by Crippen LogP contribution is -2.34. The minimum atomic E-state index is -1.39. The van der Waals surface area contributed by atoms with Crippen LogP contribution in [0.4, 0.5) is 5.69 Å². The van der Waals surface area contributed by atoms with Gasteiger partial charge in [-0.15, -0.1) is 0 Å². The van der Waals surface area contributed by atoms with Crippen LogP contribution >= 0.6 is 0 Å². The highest BCUT2D eigenvalue weighted by Crippen LogP contribution is 2.23. The van der Waals surface area contributed by atoms with Crippen molar-refractivity contribution in [3.05, 3.63) is 54.1 Å². The first-order chi connectivity index (χ1) is 11.0. The quantitative estimate of drug-likeness (QED) is 0.823. The maximum atomic E-state index is 12.6. The fourth-order valence-corrected chi connectivity index (χ4v) is 2.99. The van der Waals surface area contributed by atoms with Gasteiger partial charge in [0.2, 0.25) is 5.91 Å². The molecule has 0 aliphatic heterocycles. The first-order valence-corrected chi connectivity index (χ1v) is 8.28. The zero-order valence-corrected chi connectivity index (χ0v) is 13.5. The fourth-order valence-electron chi connectivity index (χ4n) is 1.90. The molecule has 0 radical (unpaired) electrons. The predicted molar refractivity (Wildman–Crippen MR) is 89.2 cm³/mol. The van der Waals surface area contributed by atoms with Gasteiger partial charge in [0.25, 0.3) is 0 Å². The standard InChI is InChI=1S/C17H17N3O2S/c1-2-16(19)17(21)20-13-4-3-5-15(10-13)23(22)14-8-6-12(11-18)7-9-14/h3-10,16H,2,19H2,1H3,(H,20,21). The molecule has 3 N–H and O–H groups in total. The van der Waals surface area contributed by atoms with E-state index >= 15 is 0 Å². The minimum absolute atomic E-state index is 0.270. The van der Waals surface area contributed by atoms with E-state index in [1.807, 2.05) is 13.0 Å². The summed E-state index contributed by atoms with van der Waals surface area (Å²) in [5.74, 6) is -0.270. The molecule has 2 unspecified atom stereocenters. The zero-order valence-electron chi connectivity index (χ0n) is 12.7. The largest absolute Gasteiger partial charge is 0.606 e. The van der Waals surface area contributed by atoms with Crippen molar-refractivity contribution in [3.63, 3.8) is 0 Å². The molecule has 0 aromatic heterocycles. The molecule has 2 aromatic carbocycles. The van der Waals surface area contributed by atoms with Crippen LogP contribution in [-0.4, -0.2) is 16.5 Å². The lowest BCUT2D eigenvalue weighted by atomic mass is 10.2. The number of nitriles is 1. The second-order valence-electron chi connectivity index (χ2n) is 4.94. The number of nitrogens with two attached hydrogens (primary N) is 1. The number of hydrogen-bond acceptors (Lipinski definition) is 4. The third kappa shape index (κ3) is 4.33. The van der Waals surface area contributed by atoms with Gasteiger partial charge in [-0.2, -0.15) is 5.26 Å². The molecular weight excluding hydrogens is 310 g/mol. The van der Waals surface area contributed by atoms with Gasteiger partial charge in [-0.1, -0.05) is 13.0 Å². The Labute approximate surface area is 138 Å². The van der Waals surface area contributed by atoms with E-state index in [1.54, 1.807) is 48.5 Å². The Morgan fingerprint density at radius 3 is 2.61 bits per heavy atom. The summed E-state index contributed by atoms with van der Waals surface area (Å²) in [5, 5.41) is 11.5. The smallest absolute Gasteiger partial charge is 0.241 e. The summed E-state index contributed by atoms with van der Waals surface area (Å²) >= 11 is -1.39. The predicted octanol–water partition coefficient (Wildman–Crippen LogP) is 2.40. The normalized spacial score (nSPS) is 13.0. The molecule has 118 valence electrons. The average Bonchev–Trinajstić information content (AvgIpc) is 2.60. The monoisotopic (exact) mass is 327 g/mol. The summed E-state index contributed by atoms with van der Waals surface area (Å²) in [4.78, 5) is 13.0. The maximum absolute atomic E-state index is 12.6. The molecule has 2 atom stereocenters. The van der Waals surface area contributed by atoms with E-state index in [0.29, 0.717) is 27.5 Å². The SMILES string of the molecule is CCC(N)C(=O)Nc1cccc([S+]([O-])c2ccc(C#N)cc2)c1. The number of anilines is 1. The molecule has 0 aliphatic carbocycles. The van der Waals surface area contributed by atoms with E-state index in [1.165, 1.54) is 0 Å². The molecule has 0 saturated carbocycles. The fraction of sp³-hybridized carbons (Fsp3) is 0.176. The highest BCUT2D eigenvalue weighted by atomic mass is 32.2. The number of amides is 1. The Bertz CT molecular complexity index is 725. The summed E-state index contributed by atoms with van der Waals surface area (Å²) in [6.07, 6.45) is 0.544. The summed E-state index contributed by atoms with van der Waals surface area (Å²) in [6, 6.07) is 14.9. The Balaban J connectivity index is 2.18. The molecule has 6 heteroatoms. The number of nitrogens with zero attached hydrogens (tertiary/aromatic N) is 1. The minimum Gasteiger partial charge on any atom is -0.606 e. The van der Waals surface area contributed by atoms with Crippen molar-refractivity contribution in [3.8, 4) is 6.07 Å². The van der Waals surface area contributed by atoms with Gasteiger partial charge in [-0.25, -0.2) is 0 Å². The molecule has 0 fully saturated rings. The topological polar surface area (TPSA) is 102 Å². The Hall–Kier alpha value is -2.33. The number of nitrogens with one attached hydrogen (secondary N) is 1. The molecular formula is C17H17N3O2S. The number of hydrogen-bond donors (Lipinski definition) is 2. The van der Waals surface area contributed by atoms with Crippen LogP contribution in [0.5, 0.6) is 0 Å². The molecule has 23 heavy (non-hydrogen) atoms. The van der Waals surface area contributed by atoms with Crippen LogP contribution in [0.2, 0.25) is 0 Å². The highest BCUT2D eigenvalue weighted by molar-refractivity contribution is 7.91. The van der Waals surface area contributed by atoms with Crippen LogP contribution in [0, 0.1) is 11.3 Å². The van der Waals surface area contributed by atoms with E-state index in [-0.39, 0.29) is 5.91 Å². The van der Waals surface area contributed by atoms with Crippen LogP contribution in [0.1, 0.15) is 18.9 Å². The molecule has 2 aromatic rings. The Kier molecular flexibility index (Phi) is 5.77. The van der Waals surface area contributed by atoms with Crippen molar-refractivity contribution < 1.29 is 9.35 Å². The molecule has 1 amide bonds. The van der Waals surface area contributed by atoms with Gasteiger partial charge in [0.1, 0.15) is 0 Å². The third-order valence-electron chi connectivity index (χ3n) is 3.29. The summed E-state index contributed by atoms with van der Waals surface area (Å²) in [6.45, 7) is 1.83. The van der Waals surface area contributed by atoms with Crippen LogP contribution < -0.4 is 11.1 Å². The van der Waals surface area contributed by atoms with E-state index in [9.17, 15) is 9.35 Å². The molecule has 0 heterocycles. The van der Waals surface area contributed by atoms with Crippen LogP contribution in [-0.2, 0) is 16.0 Å². The summed E-state index contributed by atoms with van der Waals surface area (Å²) in [5.41, 5.74) is 6.75. The Morgan fingerprint density at radius 2 is 2.00 bits per heavy atom. The van der Waals surface area contributed by atoms with Gasteiger partial charge in [-0.05, 0) is 42.8 Å². The summed E-state index contributed by atoms with van der Waals surface area (Å²) in [7, 11) is 0. The lowest BCUT2D eigenvalue weighted by molar-refractivity contribution is -0.117. The van der Waals surface area contributed by atoms with Gasteiger partial charge in [0.05, 0.1) is 17.7 Å². The highest BCUT2D eigenvalue weighted by Gasteiger charge is 2.17. The van der Waals surface area contributed by atoms with Crippen LogP contribution in [0.15, 0.2) is 58.3 Å². The second-order valence-corrected chi connectivity index (χ2v) is 6.42. The lowest BCUT2D eigenvalue weighted by Gasteiger charge is -2.13. The first kappa shape index (κ1) is 17.0. The van der Waals surface area contributed by atoms with E-state index in [4.69, 9.17) is 11.0 Å². The molecule has 0 saturated heterocycles. The molecule has 0 aliphatic rings. The number of carbonyl (C=O) groups is 1. The van der Waals surface area contributed by atoms with Crippen LogP contribution in [0.3, 0.4) is 0 Å². The van der Waals surface area contributed by atoms with Crippen molar-refractivity contribution in [2.45, 2.75) is 29.2 Å². The van der Waals surface area contributed by atoms with Gasteiger partial charge < -0.3 is 15.6 Å². The van der Waals surface area contributed by atoms with Gasteiger partial charge in [0, 0.05) is 22.9 Å². The molecule has 0 bridgehead atoms. The van der Waals surface area contributed by atoms with Crippen molar-refractivity contribution in [2.24, 2.45) is 5.73 Å². The van der Waals surface area contributed by atoms with Gasteiger partial charge >= 0.3 is 0 Å². The van der Waals surface area contributed by atoms with Crippen molar-refractivity contribution in [2.75, 3.05) is 5.32 Å². The number of carbonyl (C=O) groups excluding carboxylic acids is 1.